The van der Waals surface area contributed by atoms with Gasteiger partial charge in [0.15, 0.2) is 8.32 Å². The van der Waals surface area contributed by atoms with Crippen molar-refractivity contribution in [2.45, 2.75) is 52.4 Å². The lowest BCUT2D eigenvalue weighted by molar-refractivity contribution is 0.276. The van der Waals surface area contributed by atoms with E-state index in [0.29, 0.717) is 6.61 Å². The molecule has 0 amide bonds. The monoisotopic (exact) mass is 402 g/mol. The van der Waals surface area contributed by atoms with Crippen LogP contribution in [0.5, 0.6) is 0 Å². The summed E-state index contributed by atoms with van der Waals surface area (Å²) in [6.45, 7) is 14.2. The van der Waals surface area contributed by atoms with Crippen molar-refractivity contribution in [3.05, 3.63) is 57.9 Å². The molecule has 1 nitrogen and oxygen atoms in total. The van der Waals surface area contributed by atoms with Crippen LogP contribution in [-0.4, -0.2) is 8.32 Å². The summed E-state index contributed by atoms with van der Waals surface area (Å²) in [6, 6.07) is 15.0. The first-order valence-electron chi connectivity index (χ1n) is 9.01. The molecule has 3 rings (SSSR count). The van der Waals surface area contributed by atoms with Crippen LogP contribution in [0.2, 0.25) is 22.5 Å². The third kappa shape index (κ3) is 3.77. The van der Waals surface area contributed by atoms with Gasteiger partial charge in [0.1, 0.15) is 4.34 Å². The van der Waals surface area contributed by atoms with E-state index in [9.17, 15) is 0 Å². The second-order valence-corrected chi connectivity index (χ2v) is 14.9. The molecule has 0 N–H and O–H groups in total. The van der Waals surface area contributed by atoms with Crippen molar-refractivity contribution in [2.75, 3.05) is 0 Å². The zero-order valence-electron chi connectivity index (χ0n) is 16.4. The molecule has 2 aromatic carbocycles. The maximum absolute atomic E-state index is 6.63. The van der Waals surface area contributed by atoms with E-state index in [4.69, 9.17) is 16.0 Å². The van der Waals surface area contributed by atoms with Gasteiger partial charge in [-0.2, -0.15) is 0 Å². The topological polar surface area (TPSA) is 9.23 Å². The second-order valence-electron chi connectivity index (χ2n) is 8.45. The minimum Gasteiger partial charge on any atom is -0.413 e. The Labute approximate surface area is 167 Å². The van der Waals surface area contributed by atoms with Crippen molar-refractivity contribution in [2.24, 2.45) is 0 Å². The van der Waals surface area contributed by atoms with E-state index in [1.807, 2.05) is 0 Å². The summed E-state index contributed by atoms with van der Waals surface area (Å²) >= 11 is 8.28. The maximum atomic E-state index is 6.63. The molecule has 138 valence electrons. The van der Waals surface area contributed by atoms with Crippen molar-refractivity contribution in [1.82, 2.24) is 0 Å². The van der Waals surface area contributed by atoms with Crippen LogP contribution in [0.25, 0.3) is 21.2 Å². The van der Waals surface area contributed by atoms with Crippen LogP contribution in [0.4, 0.5) is 0 Å². The lowest BCUT2D eigenvalue weighted by atomic mass is 9.99. The number of benzene rings is 2. The number of aryl methyl sites for hydroxylation is 1. The van der Waals surface area contributed by atoms with Gasteiger partial charge in [0, 0.05) is 15.6 Å². The summed E-state index contributed by atoms with van der Waals surface area (Å²) in [5, 5.41) is 1.44. The summed E-state index contributed by atoms with van der Waals surface area (Å²) in [6.07, 6.45) is 0. The predicted molar refractivity (Wildman–Crippen MR) is 119 cm³/mol. The molecule has 1 aromatic heterocycles. The summed E-state index contributed by atoms with van der Waals surface area (Å²) in [4.78, 5) is 0. The Morgan fingerprint density at radius 2 is 1.77 bits per heavy atom. The second kappa shape index (κ2) is 7.12. The molecule has 0 aliphatic heterocycles. The summed E-state index contributed by atoms with van der Waals surface area (Å²) < 4.78 is 8.50. The third-order valence-electron chi connectivity index (χ3n) is 5.53. The van der Waals surface area contributed by atoms with E-state index in [1.54, 1.807) is 11.3 Å². The Morgan fingerprint density at radius 1 is 1.08 bits per heavy atom. The quantitative estimate of drug-likeness (QED) is 0.401. The number of hydrogen-bond donors (Lipinski definition) is 0. The van der Waals surface area contributed by atoms with Gasteiger partial charge < -0.3 is 4.43 Å². The van der Waals surface area contributed by atoms with Gasteiger partial charge in [-0.15, -0.1) is 11.3 Å². The molecule has 0 unspecified atom stereocenters. The van der Waals surface area contributed by atoms with E-state index in [2.05, 4.69) is 83.3 Å². The first kappa shape index (κ1) is 19.6. The van der Waals surface area contributed by atoms with Crippen LogP contribution in [0.3, 0.4) is 0 Å². The van der Waals surface area contributed by atoms with Gasteiger partial charge in [-0.25, -0.2) is 0 Å². The molecule has 0 spiro atoms. The highest BCUT2D eigenvalue weighted by molar-refractivity contribution is 7.23. The Bertz CT molecular complexity index is 937. The molecule has 0 saturated heterocycles. The largest absolute Gasteiger partial charge is 0.413 e. The fourth-order valence-electron chi connectivity index (χ4n) is 2.79. The van der Waals surface area contributed by atoms with E-state index in [0.717, 1.165) is 9.90 Å². The number of rotatable bonds is 4. The molecule has 26 heavy (non-hydrogen) atoms. The molecule has 0 aliphatic rings. The smallest absolute Gasteiger partial charge is 0.192 e. The molecule has 3 aromatic rings. The molecule has 0 atom stereocenters. The number of halogens is 1. The zero-order valence-corrected chi connectivity index (χ0v) is 19.0. The summed E-state index contributed by atoms with van der Waals surface area (Å²) in [7, 11) is -1.76. The normalized spacial score (nSPS) is 12.7. The van der Waals surface area contributed by atoms with Crippen LogP contribution in [0, 0.1) is 6.92 Å². The predicted octanol–water partition coefficient (Wildman–Crippen LogP) is 8.05. The van der Waals surface area contributed by atoms with Gasteiger partial charge in [-0.1, -0.05) is 62.7 Å². The number of hydrogen-bond acceptors (Lipinski definition) is 2. The van der Waals surface area contributed by atoms with Gasteiger partial charge >= 0.3 is 0 Å². The first-order valence-corrected chi connectivity index (χ1v) is 13.1. The van der Waals surface area contributed by atoms with Crippen LogP contribution >= 0.6 is 22.9 Å². The van der Waals surface area contributed by atoms with Gasteiger partial charge in [0.2, 0.25) is 0 Å². The Hall–Kier alpha value is -1.13. The van der Waals surface area contributed by atoms with E-state index in [-0.39, 0.29) is 5.04 Å². The highest BCUT2D eigenvalue weighted by atomic mass is 35.5. The maximum Gasteiger partial charge on any atom is 0.192 e. The van der Waals surface area contributed by atoms with Gasteiger partial charge in [0.25, 0.3) is 0 Å². The number of fused-ring (bicyclic) bond motifs is 1. The molecule has 0 bridgehead atoms. The Morgan fingerprint density at radius 3 is 2.42 bits per heavy atom. The molecule has 1 heterocycles. The molecule has 0 aliphatic carbocycles. The van der Waals surface area contributed by atoms with E-state index >= 15 is 0 Å². The van der Waals surface area contributed by atoms with Crippen molar-refractivity contribution in [3.8, 4) is 11.1 Å². The van der Waals surface area contributed by atoms with Crippen LogP contribution in [-0.2, 0) is 11.0 Å². The zero-order chi connectivity index (χ0) is 19.1. The minimum absolute atomic E-state index is 0.217. The van der Waals surface area contributed by atoms with Crippen molar-refractivity contribution in [1.29, 1.82) is 0 Å². The lowest BCUT2D eigenvalue weighted by Crippen LogP contribution is -2.40. The van der Waals surface area contributed by atoms with Crippen molar-refractivity contribution >= 4 is 41.3 Å². The summed E-state index contributed by atoms with van der Waals surface area (Å²) in [5.74, 6) is 0. The molecule has 0 fully saturated rings. The van der Waals surface area contributed by atoms with Gasteiger partial charge in [0.05, 0.1) is 6.61 Å². The van der Waals surface area contributed by atoms with E-state index in [1.165, 1.54) is 26.8 Å². The van der Waals surface area contributed by atoms with Crippen LogP contribution < -0.4 is 0 Å². The fraction of sp³-hybridized carbons (Fsp3) is 0.364. The standard InChI is InChI=1S/C22H27ClOSSi/c1-15-9-7-8-10-17(15)20-18-13-16(11-12-19(18)25-21(20)23)14-24-26(5,6)22(2,3)4/h7-13H,14H2,1-6H3. The molecule has 0 saturated carbocycles. The van der Waals surface area contributed by atoms with Gasteiger partial charge in [-0.3, -0.25) is 0 Å². The van der Waals surface area contributed by atoms with Crippen LogP contribution in [0.15, 0.2) is 42.5 Å². The van der Waals surface area contributed by atoms with Crippen molar-refractivity contribution in [3.63, 3.8) is 0 Å². The fourth-order valence-corrected chi connectivity index (χ4v) is 5.12. The molecule has 0 radical (unpaired) electrons. The molecule has 4 heteroatoms. The van der Waals surface area contributed by atoms with Crippen molar-refractivity contribution < 1.29 is 4.43 Å². The Balaban J connectivity index is 1.99. The average molecular weight is 403 g/mol. The average Bonchev–Trinajstić information content (AvgIpc) is 2.87. The SMILES string of the molecule is Cc1ccccc1-c1c(Cl)sc2ccc(CO[Si](C)(C)C(C)(C)C)cc12. The van der Waals surface area contributed by atoms with E-state index < -0.39 is 8.32 Å². The Kier molecular flexibility index (Phi) is 5.37. The highest BCUT2D eigenvalue weighted by Gasteiger charge is 2.37. The molecular formula is C22H27ClOSSi. The minimum atomic E-state index is -1.76. The first-order chi connectivity index (χ1) is 12.1. The number of thiophene rings is 1. The summed E-state index contributed by atoms with van der Waals surface area (Å²) in [5.41, 5.74) is 4.83. The third-order valence-corrected chi connectivity index (χ3v) is 11.4. The van der Waals surface area contributed by atoms with Crippen LogP contribution in [0.1, 0.15) is 31.9 Å². The molecular weight excluding hydrogens is 376 g/mol. The lowest BCUT2D eigenvalue weighted by Gasteiger charge is -2.36. The van der Waals surface area contributed by atoms with Gasteiger partial charge in [-0.05, 0) is 53.9 Å². The highest BCUT2D eigenvalue weighted by Crippen LogP contribution is 2.43.